The van der Waals surface area contributed by atoms with Crippen molar-refractivity contribution in [1.29, 1.82) is 0 Å². The molecule has 0 saturated carbocycles. The lowest BCUT2D eigenvalue weighted by molar-refractivity contribution is 0.387. The number of H-pyrrole nitrogens is 1. The number of methoxy groups -OCH3 is 2. The van der Waals surface area contributed by atoms with E-state index in [0.29, 0.717) is 20.7 Å². The second kappa shape index (κ2) is 7.38. The molecular weight excluding hydrogens is 436 g/mol. The average molecular weight is 450 g/mol. The molecule has 0 fully saturated rings. The minimum absolute atomic E-state index is 0.443. The summed E-state index contributed by atoms with van der Waals surface area (Å²) in [7, 11) is 3.18. The predicted octanol–water partition coefficient (Wildman–Crippen LogP) is 3.93. The van der Waals surface area contributed by atoms with Crippen LogP contribution in [0.2, 0.25) is 0 Å². The van der Waals surface area contributed by atoms with Gasteiger partial charge in [0.1, 0.15) is 10.2 Å². The van der Waals surface area contributed by atoms with Crippen LogP contribution < -0.4 is 9.47 Å². The maximum absolute atomic E-state index is 5.43. The maximum atomic E-state index is 5.43. The Kier molecular flexibility index (Phi) is 5.76. The van der Waals surface area contributed by atoms with E-state index in [9.17, 15) is 0 Å². The van der Waals surface area contributed by atoms with E-state index in [4.69, 9.17) is 21.7 Å². The summed E-state index contributed by atoms with van der Waals surface area (Å²) in [6, 6.07) is 1.86. The molecule has 2 rings (SSSR count). The Bertz CT molecular complexity index is 770. The number of halogens is 2. The van der Waals surface area contributed by atoms with Crippen LogP contribution >= 0.6 is 44.1 Å². The van der Waals surface area contributed by atoms with Crippen molar-refractivity contribution < 1.29 is 9.47 Å². The first-order valence-corrected chi connectivity index (χ1v) is 8.33. The van der Waals surface area contributed by atoms with E-state index < -0.39 is 0 Å². The van der Waals surface area contributed by atoms with E-state index in [1.807, 2.05) is 13.0 Å². The Balaban J connectivity index is 2.51. The molecule has 0 aliphatic rings. The molecule has 1 aromatic heterocycles. The average Bonchev–Trinajstić information content (AvgIpc) is 2.85. The predicted molar refractivity (Wildman–Crippen MR) is 94.7 cm³/mol. The molecule has 9 heteroatoms. The highest BCUT2D eigenvalue weighted by atomic mass is 79.9. The van der Waals surface area contributed by atoms with Crippen molar-refractivity contribution in [3.8, 4) is 11.5 Å². The number of benzene rings is 1. The standard InChI is InChI=1S/C13H14Br2N4O2S/c1-4-9-17-18-13(22)19(9)16-6-7-5-8(14)12(21-3)10(15)11(7)20-2/h5-6H,4H2,1-3H3,(H,18,22)/b16-6-. The summed E-state index contributed by atoms with van der Waals surface area (Å²) in [4.78, 5) is 0. The summed E-state index contributed by atoms with van der Waals surface area (Å²) in [5.41, 5.74) is 0.771. The zero-order valence-electron chi connectivity index (χ0n) is 12.2. The monoisotopic (exact) mass is 448 g/mol. The first kappa shape index (κ1) is 17.2. The molecule has 1 heterocycles. The molecule has 0 aliphatic carbocycles. The van der Waals surface area contributed by atoms with Gasteiger partial charge in [-0.15, -0.1) is 0 Å². The molecule has 118 valence electrons. The van der Waals surface area contributed by atoms with E-state index in [1.54, 1.807) is 25.1 Å². The second-order valence-electron chi connectivity index (χ2n) is 4.18. The molecule has 22 heavy (non-hydrogen) atoms. The Labute approximate surface area is 149 Å². The number of nitrogens with one attached hydrogen (secondary N) is 1. The molecular formula is C13H14Br2N4O2S. The first-order chi connectivity index (χ1) is 10.5. The van der Waals surface area contributed by atoms with Gasteiger partial charge in [0.2, 0.25) is 4.77 Å². The number of ether oxygens (including phenoxy) is 2. The van der Waals surface area contributed by atoms with Crippen molar-refractivity contribution in [2.75, 3.05) is 14.2 Å². The largest absolute Gasteiger partial charge is 0.495 e. The summed E-state index contributed by atoms with van der Waals surface area (Å²) in [5.74, 6) is 2.03. The second-order valence-corrected chi connectivity index (χ2v) is 6.22. The molecule has 0 amide bonds. The molecule has 1 aromatic carbocycles. The van der Waals surface area contributed by atoms with E-state index in [0.717, 1.165) is 22.3 Å². The van der Waals surface area contributed by atoms with Crippen molar-refractivity contribution in [2.24, 2.45) is 5.10 Å². The van der Waals surface area contributed by atoms with Gasteiger partial charge in [-0.1, -0.05) is 6.92 Å². The smallest absolute Gasteiger partial charge is 0.216 e. The normalized spacial score (nSPS) is 11.1. The number of aromatic nitrogens is 3. The molecule has 0 spiro atoms. The van der Waals surface area contributed by atoms with Gasteiger partial charge in [-0.25, -0.2) is 0 Å². The van der Waals surface area contributed by atoms with Crippen LogP contribution in [0.4, 0.5) is 0 Å². The summed E-state index contributed by atoms with van der Waals surface area (Å²) in [6.07, 6.45) is 2.38. The van der Waals surface area contributed by atoms with E-state index >= 15 is 0 Å². The molecule has 0 atom stereocenters. The summed E-state index contributed by atoms with van der Waals surface area (Å²) in [6.45, 7) is 1.98. The van der Waals surface area contributed by atoms with Gasteiger partial charge in [-0.3, -0.25) is 5.10 Å². The highest BCUT2D eigenvalue weighted by molar-refractivity contribution is 9.11. The fourth-order valence-corrected chi connectivity index (χ4v) is 3.72. The van der Waals surface area contributed by atoms with Crippen molar-refractivity contribution in [3.63, 3.8) is 0 Å². The molecule has 0 radical (unpaired) electrons. The Morgan fingerprint density at radius 3 is 2.64 bits per heavy atom. The third-order valence-corrected chi connectivity index (χ3v) is 4.49. The first-order valence-electron chi connectivity index (χ1n) is 6.34. The summed E-state index contributed by atoms with van der Waals surface area (Å²) in [5, 5.41) is 11.2. The van der Waals surface area contributed by atoms with Gasteiger partial charge in [-0.05, 0) is 50.1 Å². The highest BCUT2D eigenvalue weighted by Crippen LogP contribution is 2.42. The summed E-state index contributed by atoms with van der Waals surface area (Å²) >= 11 is 12.1. The minimum atomic E-state index is 0.443. The lowest BCUT2D eigenvalue weighted by Gasteiger charge is -2.13. The topological polar surface area (TPSA) is 64.4 Å². The Hall–Kier alpha value is -1.19. The van der Waals surface area contributed by atoms with Crippen molar-refractivity contribution in [2.45, 2.75) is 13.3 Å². The number of hydrogen-bond acceptors (Lipinski definition) is 5. The maximum Gasteiger partial charge on any atom is 0.216 e. The Morgan fingerprint density at radius 2 is 2.05 bits per heavy atom. The lowest BCUT2D eigenvalue weighted by atomic mass is 10.2. The van der Waals surface area contributed by atoms with Crippen LogP contribution in [0.3, 0.4) is 0 Å². The van der Waals surface area contributed by atoms with Crippen molar-refractivity contribution >= 4 is 50.3 Å². The molecule has 0 bridgehead atoms. The van der Waals surface area contributed by atoms with E-state index in [-0.39, 0.29) is 0 Å². The minimum Gasteiger partial charge on any atom is -0.495 e. The quantitative estimate of drug-likeness (QED) is 0.554. The fraction of sp³-hybridized carbons (Fsp3) is 0.308. The van der Waals surface area contributed by atoms with Gasteiger partial charge < -0.3 is 9.47 Å². The molecule has 2 aromatic rings. The zero-order chi connectivity index (χ0) is 16.3. The third kappa shape index (κ3) is 3.26. The Morgan fingerprint density at radius 1 is 1.36 bits per heavy atom. The molecule has 6 nitrogen and oxygen atoms in total. The number of hydrogen-bond donors (Lipinski definition) is 1. The fourth-order valence-electron chi connectivity index (χ4n) is 1.88. The van der Waals surface area contributed by atoms with Gasteiger partial charge in [0.05, 0.1) is 24.9 Å². The molecule has 1 N–H and O–H groups in total. The lowest BCUT2D eigenvalue weighted by Crippen LogP contribution is -2.00. The van der Waals surface area contributed by atoms with Crippen LogP contribution in [0, 0.1) is 4.77 Å². The number of nitrogens with zero attached hydrogens (tertiary/aromatic N) is 3. The zero-order valence-corrected chi connectivity index (χ0v) is 16.2. The van der Waals surface area contributed by atoms with Gasteiger partial charge in [-0.2, -0.15) is 14.9 Å². The number of aryl methyl sites for hydroxylation is 1. The van der Waals surface area contributed by atoms with Crippen LogP contribution in [0.25, 0.3) is 0 Å². The highest BCUT2D eigenvalue weighted by Gasteiger charge is 2.16. The van der Waals surface area contributed by atoms with E-state index in [1.165, 1.54) is 0 Å². The molecule has 0 saturated heterocycles. The van der Waals surface area contributed by atoms with Crippen molar-refractivity contribution in [3.05, 3.63) is 31.2 Å². The van der Waals surface area contributed by atoms with E-state index in [2.05, 4.69) is 47.2 Å². The number of rotatable bonds is 5. The van der Waals surface area contributed by atoms with Crippen LogP contribution in [-0.4, -0.2) is 35.3 Å². The summed E-state index contributed by atoms with van der Waals surface area (Å²) < 4.78 is 14.3. The molecule has 0 aliphatic heterocycles. The van der Waals surface area contributed by atoms with Crippen LogP contribution in [0.1, 0.15) is 18.3 Å². The number of aromatic amines is 1. The van der Waals surface area contributed by atoms with Gasteiger partial charge in [0.25, 0.3) is 0 Å². The van der Waals surface area contributed by atoms with Gasteiger partial charge >= 0.3 is 0 Å². The van der Waals surface area contributed by atoms with Crippen molar-refractivity contribution in [1.82, 2.24) is 14.9 Å². The van der Waals surface area contributed by atoms with Crippen LogP contribution in [-0.2, 0) is 6.42 Å². The van der Waals surface area contributed by atoms with Crippen LogP contribution in [0.15, 0.2) is 20.1 Å². The molecule has 0 unspecified atom stereocenters. The van der Waals surface area contributed by atoms with Gasteiger partial charge in [0.15, 0.2) is 11.6 Å². The van der Waals surface area contributed by atoms with Gasteiger partial charge in [0, 0.05) is 12.0 Å². The third-order valence-electron chi connectivity index (χ3n) is 2.91. The SMILES string of the molecule is CCc1n[nH]c(=S)n1/N=C\c1cc(Br)c(OC)c(Br)c1OC. The van der Waals surface area contributed by atoms with Crippen LogP contribution in [0.5, 0.6) is 11.5 Å².